The van der Waals surface area contributed by atoms with Crippen LogP contribution in [0.25, 0.3) is 0 Å². The maximum atomic E-state index is 4.27. The second kappa shape index (κ2) is 7.22. The number of hydrogen-bond donors (Lipinski definition) is 0. The van der Waals surface area contributed by atoms with Gasteiger partial charge < -0.3 is 14.6 Å². The van der Waals surface area contributed by atoms with E-state index in [0.717, 1.165) is 11.6 Å². The van der Waals surface area contributed by atoms with Gasteiger partial charge in [0, 0.05) is 38.9 Å². The summed E-state index contributed by atoms with van der Waals surface area (Å²) in [6, 6.07) is 0. The first-order valence-corrected chi connectivity index (χ1v) is 5.71. The van der Waals surface area contributed by atoms with E-state index in [1.807, 2.05) is 35.6 Å². The zero-order valence-electron chi connectivity index (χ0n) is 11.1. The van der Waals surface area contributed by atoms with Crippen LogP contribution in [-0.2, 0) is 14.1 Å². The fraction of sp³-hybridized carbons (Fsp3) is 0.333. The van der Waals surface area contributed by atoms with E-state index in [9.17, 15) is 0 Å². The fourth-order valence-corrected chi connectivity index (χ4v) is 1.41. The van der Waals surface area contributed by atoms with Crippen LogP contribution in [-0.4, -0.2) is 50.1 Å². The molecule has 0 fully saturated rings. The molecular weight excluding hydrogens is 244 g/mol. The molecule has 2 aromatic heterocycles. The molecule has 2 heterocycles. The highest BCUT2D eigenvalue weighted by Gasteiger charge is 1.93. The van der Waals surface area contributed by atoms with Crippen molar-refractivity contribution in [2.45, 2.75) is 0 Å². The monoisotopic (exact) mass is 262 g/mol. The summed E-state index contributed by atoms with van der Waals surface area (Å²) >= 11 is 0. The Hall–Kier alpha value is -2.28. The van der Waals surface area contributed by atoms with Crippen LogP contribution in [0.4, 0.5) is 0 Å². The Kier molecular flexibility index (Phi) is 5.62. The highest BCUT2D eigenvalue weighted by atomic mass is 16.0. The van der Waals surface area contributed by atoms with E-state index in [0.29, 0.717) is 13.1 Å². The zero-order valence-corrected chi connectivity index (χ0v) is 11.1. The first-order valence-electron chi connectivity index (χ1n) is 5.71. The molecule has 0 aliphatic rings. The van der Waals surface area contributed by atoms with Gasteiger partial charge in [0.2, 0.25) is 0 Å². The van der Waals surface area contributed by atoms with Gasteiger partial charge in [-0.05, 0) is 0 Å². The molecule has 0 aromatic carbocycles. The van der Waals surface area contributed by atoms with E-state index in [4.69, 9.17) is 0 Å². The van der Waals surface area contributed by atoms with Gasteiger partial charge in [0.1, 0.15) is 11.6 Å². The maximum absolute atomic E-state index is 4.27. The third-order valence-corrected chi connectivity index (χ3v) is 2.49. The lowest BCUT2D eigenvalue weighted by atomic mass is 10.6. The van der Waals surface area contributed by atoms with Gasteiger partial charge in [0.15, 0.2) is 0 Å². The molecule has 0 amide bonds. The number of hydrogen-bond acceptors (Lipinski definition) is 4. The molecule has 7 heteroatoms. The van der Waals surface area contributed by atoms with Crippen molar-refractivity contribution in [3.8, 4) is 0 Å². The van der Waals surface area contributed by atoms with Crippen LogP contribution < -0.4 is 0 Å². The van der Waals surface area contributed by atoms with Crippen LogP contribution in [0.1, 0.15) is 11.6 Å². The van der Waals surface area contributed by atoms with Gasteiger partial charge in [-0.15, -0.1) is 0 Å². The van der Waals surface area contributed by atoms with Crippen molar-refractivity contribution >= 4 is 12.4 Å². The summed E-state index contributed by atoms with van der Waals surface area (Å²) in [6.07, 6.45) is 10.8. The summed E-state index contributed by atoms with van der Waals surface area (Å²) < 4.78 is 3.83. The third-order valence-electron chi connectivity index (χ3n) is 2.49. The van der Waals surface area contributed by atoms with E-state index >= 15 is 0 Å². The lowest BCUT2D eigenvalue weighted by Gasteiger charge is -1.94. The molecule has 19 heavy (non-hydrogen) atoms. The number of aromatic nitrogens is 4. The average Bonchev–Trinajstić information content (AvgIpc) is 2.94. The topological polar surface area (TPSA) is 91.9 Å². The molecule has 0 spiro atoms. The zero-order chi connectivity index (χ0) is 12.8. The molecule has 102 valence electrons. The highest BCUT2D eigenvalue weighted by molar-refractivity contribution is 5.75. The number of aryl methyl sites for hydroxylation is 2. The van der Waals surface area contributed by atoms with Gasteiger partial charge in [-0.2, -0.15) is 0 Å². The van der Waals surface area contributed by atoms with Crippen LogP contribution in [0, 0.1) is 0 Å². The quantitative estimate of drug-likeness (QED) is 0.554. The molecule has 2 N–H and O–H groups in total. The summed E-state index contributed by atoms with van der Waals surface area (Å²) in [7, 11) is 3.88. The molecule has 0 saturated heterocycles. The fourth-order valence-electron chi connectivity index (χ4n) is 1.41. The Morgan fingerprint density at radius 3 is 1.68 bits per heavy atom. The van der Waals surface area contributed by atoms with Crippen molar-refractivity contribution < 1.29 is 5.48 Å². The van der Waals surface area contributed by atoms with Gasteiger partial charge >= 0.3 is 0 Å². The van der Waals surface area contributed by atoms with Crippen LogP contribution in [0.15, 0.2) is 34.8 Å². The largest absolute Gasteiger partial charge is 0.412 e. The second-order valence-corrected chi connectivity index (χ2v) is 3.86. The van der Waals surface area contributed by atoms with Gasteiger partial charge in [-0.1, -0.05) is 0 Å². The lowest BCUT2D eigenvalue weighted by Crippen LogP contribution is -1.98. The normalized spacial score (nSPS) is 11.3. The predicted molar refractivity (Wildman–Crippen MR) is 75.0 cm³/mol. The van der Waals surface area contributed by atoms with E-state index in [2.05, 4.69) is 20.0 Å². The first kappa shape index (κ1) is 14.8. The minimum absolute atomic E-state index is 0. The summed E-state index contributed by atoms with van der Waals surface area (Å²) in [6.45, 7) is 1.29. The van der Waals surface area contributed by atoms with Gasteiger partial charge in [0.25, 0.3) is 0 Å². The summed E-state index contributed by atoms with van der Waals surface area (Å²) in [5, 5.41) is 0. The highest BCUT2D eigenvalue weighted by Crippen LogP contribution is 1.90. The van der Waals surface area contributed by atoms with E-state index in [1.165, 1.54) is 0 Å². The maximum Gasteiger partial charge on any atom is 0.150 e. The Morgan fingerprint density at radius 1 is 0.947 bits per heavy atom. The number of nitrogens with zero attached hydrogens (tertiary/aromatic N) is 6. The predicted octanol–water partition coefficient (Wildman–Crippen LogP) is -0.133. The molecule has 0 aliphatic heterocycles. The van der Waals surface area contributed by atoms with Crippen molar-refractivity contribution in [1.82, 2.24) is 19.1 Å². The minimum Gasteiger partial charge on any atom is -0.412 e. The van der Waals surface area contributed by atoms with Crippen molar-refractivity contribution in [2.24, 2.45) is 24.1 Å². The Labute approximate surface area is 111 Å². The molecule has 2 aromatic rings. The molecule has 0 unspecified atom stereocenters. The SMILES string of the molecule is Cn1ccnc1C=NCCN=Cc1nccn1C.O. The molecule has 0 saturated carbocycles. The number of aliphatic imine (C=N–C) groups is 2. The minimum atomic E-state index is 0. The molecule has 0 atom stereocenters. The Bertz CT molecular complexity index is 504. The molecular formula is C12H18N6O. The lowest BCUT2D eigenvalue weighted by molar-refractivity contribution is 0.824. The second-order valence-electron chi connectivity index (χ2n) is 3.86. The third kappa shape index (κ3) is 4.14. The Balaban J connectivity index is 0.00000180. The van der Waals surface area contributed by atoms with E-state index in [-0.39, 0.29) is 5.48 Å². The van der Waals surface area contributed by atoms with Crippen LogP contribution in [0.5, 0.6) is 0 Å². The average molecular weight is 262 g/mol. The van der Waals surface area contributed by atoms with Crippen molar-refractivity contribution in [1.29, 1.82) is 0 Å². The molecule has 0 radical (unpaired) electrons. The molecule has 7 nitrogen and oxygen atoms in total. The first-order chi connectivity index (χ1) is 8.77. The van der Waals surface area contributed by atoms with Gasteiger partial charge in [-0.25, -0.2) is 9.97 Å². The summed E-state index contributed by atoms with van der Waals surface area (Å²) in [4.78, 5) is 16.8. The molecule has 2 rings (SSSR count). The van der Waals surface area contributed by atoms with Gasteiger partial charge in [-0.3, -0.25) is 9.98 Å². The molecule has 0 aliphatic carbocycles. The van der Waals surface area contributed by atoms with Crippen LogP contribution in [0.2, 0.25) is 0 Å². The molecule has 0 bridgehead atoms. The van der Waals surface area contributed by atoms with Crippen LogP contribution >= 0.6 is 0 Å². The van der Waals surface area contributed by atoms with Crippen molar-refractivity contribution in [3.05, 3.63) is 36.4 Å². The van der Waals surface area contributed by atoms with Crippen molar-refractivity contribution in [2.75, 3.05) is 13.1 Å². The number of imidazole rings is 2. The smallest absolute Gasteiger partial charge is 0.150 e. The van der Waals surface area contributed by atoms with Crippen LogP contribution in [0.3, 0.4) is 0 Å². The Morgan fingerprint density at radius 2 is 1.37 bits per heavy atom. The summed E-state index contributed by atoms with van der Waals surface area (Å²) in [5.41, 5.74) is 0. The standard InChI is InChI=1S/C12H16N6.H2O/c1-17-7-5-15-11(17)9-13-3-4-14-10-12-16-6-8-18(12)2;/h5-10H,3-4H2,1-2H3;1H2. The van der Waals surface area contributed by atoms with E-state index < -0.39 is 0 Å². The van der Waals surface area contributed by atoms with Crippen molar-refractivity contribution in [3.63, 3.8) is 0 Å². The van der Waals surface area contributed by atoms with E-state index in [1.54, 1.807) is 24.8 Å². The summed E-state index contributed by atoms with van der Waals surface area (Å²) in [5.74, 6) is 1.70. The number of rotatable bonds is 5. The van der Waals surface area contributed by atoms with Gasteiger partial charge in [0.05, 0.1) is 25.5 Å².